The molecule has 0 fully saturated rings. The van der Waals surface area contributed by atoms with Gasteiger partial charge in [-0.05, 0) is 23.4 Å². The van der Waals surface area contributed by atoms with Crippen LogP contribution in [0.15, 0.2) is 22.7 Å². The molecule has 1 rings (SSSR count). The van der Waals surface area contributed by atoms with Crippen LogP contribution in [0, 0.1) is 5.82 Å². The zero-order valence-electron chi connectivity index (χ0n) is 8.71. The first kappa shape index (κ1) is 13.0. The Balaban J connectivity index is 2.72. The standard InChI is InChI=1S/C11H14BrFOS/c1-7(2)15-6-11(14)9-5-8(12)3-4-10(9)13/h3-5,7,11,14H,6H2,1-2H3. The summed E-state index contributed by atoms with van der Waals surface area (Å²) in [6.07, 6.45) is -0.741. The number of hydrogen-bond donors (Lipinski definition) is 1. The molecule has 1 nitrogen and oxygen atoms in total. The van der Waals surface area contributed by atoms with Crippen molar-refractivity contribution in [3.63, 3.8) is 0 Å². The van der Waals surface area contributed by atoms with Crippen molar-refractivity contribution in [3.05, 3.63) is 34.1 Å². The van der Waals surface area contributed by atoms with E-state index in [4.69, 9.17) is 0 Å². The summed E-state index contributed by atoms with van der Waals surface area (Å²) in [5, 5.41) is 10.2. The van der Waals surface area contributed by atoms with Gasteiger partial charge in [-0.15, -0.1) is 0 Å². The SMILES string of the molecule is CC(C)SCC(O)c1cc(Br)ccc1F. The average molecular weight is 293 g/mol. The third-order valence-electron chi connectivity index (χ3n) is 1.90. The summed E-state index contributed by atoms with van der Waals surface area (Å²) in [5.74, 6) is 0.167. The van der Waals surface area contributed by atoms with Gasteiger partial charge in [-0.2, -0.15) is 11.8 Å². The molecule has 0 saturated carbocycles. The first-order chi connectivity index (χ1) is 7.00. The second-order valence-electron chi connectivity index (χ2n) is 3.56. The second-order valence-corrected chi connectivity index (χ2v) is 6.09. The molecule has 1 aromatic carbocycles. The van der Waals surface area contributed by atoms with Crippen LogP contribution >= 0.6 is 27.7 Å². The zero-order valence-corrected chi connectivity index (χ0v) is 11.1. The molecule has 15 heavy (non-hydrogen) atoms. The van der Waals surface area contributed by atoms with Crippen molar-refractivity contribution in [2.24, 2.45) is 0 Å². The van der Waals surface area contributed by atoms with E-state index in [2.05, 4.69) is 29.8 Å². The Hall–Kier alpha value is -0.0600. The van der Waals surface area contributed by atoms with Crippen LogP contribution in [0.5, 0.6) is 0 Å². The molecule has 1 unspecified atom stereocenters. The smallest absolute Gasteiger partial charge is 0.129 e. The Morgan fingerprint density at radius 3 is 2.73 bits per heavy atom. The summed E-state index contributed by atoms with van der Waals surface area (Å²) >= 11 is 4.88. The quantitative estimate of drug-likeness (QED) is 0.912. The Morgan fingerprint density at radius 1 is 1.47 bits per heavy atom. The molecule has 84 valence electrons. The van der Waals surface area contributed by atoms with E-state index in [9.17, 15) is 9.50 Å². The third kappa shape index (κ3) is 4.13. The van der Waals surface area contributed by atoms with Crippen LogP contribution in [-0.2, 0) is 0 Å². The maximum Gasteiger partial charge on any atom is 0.129 e. The fourth-order valence-corrected chi connectivity index (χ4v) is 2.27. The second kappa shape index (κ2) is 5.87. The molecule has 1 N–H and O–H groups in total. The van der Waals surface area contributed by atoms with E-state index in [1.807, 2.05) is 0 Å². The van der Waals surface area contributed by atoms with E-state index in [1.54, 1.807) is 23.9 Å². The number of aliphatic hydroxyl groups is 1. The van der Waals surface area contributed by atoms with Gasteiger partial charge in [0.2, 0.25) is 0 Å². The average Bonchev–Trinajstić information content (AvgIpc) is 2.18. The Morgan fingerprint density at radius 2 is 2.13 bits per heavy atom. The highest BCUT2D eigenvalue weighted by molar-refractivity contribution is 9.10. The number of benzene rings is 1. The molecule has 0 heterocycles. The molecule has 1 aromatic rings. The fourth-order valence-electron chi connectivity index (χ4n) is 1.14. The van der Waals surface area contributed by atoms with Crippen molar-refractivity contribution < 1.29 is 9.50 Å². The van der Waals surface area contributed by atoms with Crippen LogP contribution in [0.4, 0.5) is 4.39 Å². The predicted octanol–water partition coefficient (Wildman–Crippen LogP) is 3.76. The Labute approximate surface area is 102 Å². The topological polar surface area (TPSA) is 20.2 Å². The summed E-state index contributed by atoms with van der Waals surface area (Å²) < 4.78 is 14.1. The van der Waals surface area contributed by atoms with Gasteiger partial charge in [0.05, 0.1) is 6.10 Å². The lowest BCUT2D eigenvalue weighted by Crippen LogP contribution is -2.05. The molecular formula is C11H14BrFOS. The van der Waals surface area contributed by atoms with E-state index in [0.29, 0.717) is 16.6 Å². The van der Waals surface area contributed by atoms with Gasteiger partial charge in [-0.3, -0.25) is 0 Å². The minimum Gasteiger partial charge on any atom is -0.387 e. The number of halogens is 2. The van der Waals surface area contributed by atoms with Gasteiger partial charge in [0.1, 0.15) is 5.82 Å². The number of aliphatic hydroxyl groups excluding tert-OH is 1. The monoisotopic (exact) mass is 292 g/mol. The van der Waals surface area contributed by atoms with E-state index >= 15 is 0 Å². The van der Waals surface area contributed by atoms with E-state index in [-0.39, 0.29) is 5.82 Å². The van der Waals surface area contributed by atoms with E-state index < -0.39 is 6.10 Å². The summed E-state index contributed by atoms with van der Waals surface area (Å²) in [4.78, 5) is 0. The third-order valence-corrected chi connectivity index (χ3v) is 3.57. The highest BCUT2D eigenvalue weighted by atomic mass is 79.9. The lowest BCUT2D eigenvalue weighted by molar-refractivity contribution is 0.199. The van der Waals surface area contributed by atoms with E-state index in [1.165, 1.54) is 6.07 Å². The van der Waals surface area contributed by atoms with Crippen LogP contribution in [0.2, 0.25) is 0 Å². The molecule has 0 radical (unpaired) electrons. The van der Waals surface area contributed by atoms with Crippen molar-refractivity contribution in [2.45, 2.75) is 25.2 Å². The Bertz CT molecular complexity index is 330. The van der Waals surface area contributed by atoms with Gasteiger partial charge in [0, 0.05) is 15.8 Å². The molecule has 0 saturated heterocycles. The van der Waals surface area contributed by atoms with Gasteiger partial charge in [-0.1, -0.05) is 29.8 Å². The molecule has 0 aliphatic rings. The van der Waals surface area contributed by atoms with Gasteiger partial charge >= 0.3 is 0 Å². The van der Waals surface area contributed by atoms with Gasteiger partial charge in [0.15, 0.2) is 0 Å². The van der Waals surface area contributed by atoms with Crippen molar-refractivity contribution in [3.8, 4) is 0 Å². The fraction of sp³-hybridized carbons (Fsp3) is 0.455. The van der Waals surface area contributed by atoms with E-state index in [0.717, 1.165) is 4.47 Å². The van der Waals surface area contributed by atoms with Crippen LogP contribution in [0.25, 0.3) is 0 Å². The normalized spacial score (nSPS) is 13.2. The van der Waals surface area contributed by atoms with Crippen molar-refractivity contribution >= 4 is 27.7 Å². The molecule has 0 amide bonds. The molecule has 0 aromatic heterocycles. The van der Waals surface area contributed by atoms with Crippen LogP contribution < -0.4 is 0 Å². The lowest BCUT2D eigenvalue weighted by atomic mass is 10.1. The zero-order chi connectivity index (χ0) is 11.4. The maximum atomic E-state index is 13.4. The Kier molecular flexibility index (Phi) is 5.09. The molecule has 0 aliphatic heterocycles. The van der Waals surface area contributed by atoms with Crippen LogP contribution in [0.3, 0.4) is 0 Å². The van der Waals surface area contributed by atoms with Gasteiger partial charge in [0.25, 0.3) is 0 Å². The maximum absolute atomic E-state index is 13.4. The van der Waals surface area contributed by atoms with Crippen molar-refractivity contribution in [1.29, 1.82) is 0 Å². The molecular weight excluding hydrogens is 279 g/mol. The highest BCUT2D eigenvalue weighted by Gasteiger charge is 2.13. The first-order valence-corrected chi connectivity index (χ1v) is 6.59. The largest absolute Gasteiger partial charge is 0.387 e. The van der Waals surface area contributed by atoms with Gasteiger partial charge in [-0.25, -0.2) is 4.39 Å². The van der Waals surface area contributed by atoms with Crippen LogP contribution in [0.1, 0.15) is 25.5 Å². The van der Waals surface area contributed by atoms with Gasteiger partial charge < -0.3 is 5.11 Å². The first-order valence-electron chi connectivity index (χ1n) is 4.75. The number of hydrogen-bond acceptors (Lipinski definition) is 2. The molecule has 0 bridgehead atoms. The molecule has 0 spiro atoms. The molecule has 0 aliphatic carbocycles. The minimum absolute atomic E-state index is 0.352. The minimum atomic E-state index is -0.741. The highest BCUT2D eigenvalue weighted by Crippen LogP contribution is 2.25. The number of thioether (sulfide) groups is 1. The molecule has 1 atom stereocenters. The van der Waals surface area contributed by atoms with Crippen molar-refractivity contribution in [2.75, 3.05) is 5.75 Å². The summed E-state index contributed by atoms with van der Waals surface area (Å²) in [6, 6.07) is 4.62. The lowest BCUT2D eigenvalue weighted by Gasteiger charge is -2.13. The van der Waals surface area contributed by atoms with Crippen molar-refractivity contribution in [1.82, 2.24) is 0 Å². The predicted molar refractivity (Wildman–Crippen MR) is 66.7 cm³/mol. The van der Waals surface area contributed by atoms with Crippen LogP contribution in [-0.4, -0.2) is 16.1 Å². The molecule has 4 heteroatoms. The summed E-state index contributed by atoms with van der Waals surface area (Å²) in [6.45, 7) is 4.10. The number of rotatable bonds is 4. The summed E-state index contributed by atoms with van der Waals surface area (Å²) in [5.41, 5.74) is 0.359. The summed E-state index contributed by atoms with van der Waals surface area (Å²) in [7, 11) is 0.